The number of rotatable bonds is 4. The third-order valence-electron chi connectivity index (χ3n) is 8.95. The first kappa shape index (κ1) is 25.5. The third kappa shape index (κ3) is 3.66. The van der Waals surface area contributed by atoms with Gasteiger partial charge in [-0.3, -0.25) is 4.57 Å². The Kier molecular flexibility index (Phi) is 5.53. The summed E-state index contributed by atoms with van der Waals surface area (Å²) in [5.41, 5.74) is 8.80. The normalized spacial score (nSPS) is 12.1. The van der Waals surface area contributed by atoms with Gasteiger partial charge in [0.2, 0.25) is 5.95 Å². The molecule has 0 aliphatic heterocycles. The fourth-order valence-corrected chi connectivity index (χ4v) is 6.98. The van der Waals surface area contributed by atoms with Crippen LogP contribution in [0.2, 0.25) is 0 Å². The molecule has 0 aliphatic carbocycles. The average molecular weight is 578 g/mol. The second-order valence-electron chi connectivity index (χ2n) is 11.4. The van der Waals surface area contributed by atoms with E-state index in [-0.39, 0.29) is 0 Å². The molecule has 0 unspecified atom stereocenters. The van der Waals surface area contributed by atoms with E-state index in [0.717, 1.165) is 77.0 Å². The molecule has 0 bridgehead atoms. The zero-order chi connectivity index (χ0) is 30.1. The van der Waals surface area contributed by atoms with E-state index in [1.807, 2.05) is 42.5 Å². The molecule has 45 heavy (non-hydrogen) atoms. The monoisotopic (exact) mass is 577 g/mol. The summed E-state index contributed by atoms with van der Waals surface area (Å²) in [7, 11) is 0. The lowest BCUT2D eigenvalue weighted by molar-refractivity contribution is 0.671. The van der Waals surface area contributed by atoms with Gasteiger partial charge in [0.05, 0.1) is 16.7 Å². The molecule has 0 spiro atoms. The summed E-state index contributed by atoms with van der Waals surface area (Å²) in [5.74, 6) is 0.609. The fraction of sp³-hybridized carbons (Fsp3) is 0.0244. The molecule has 0 N–H and O–H groups in total. The van der Waals surface area contributed by atoms with Crippen molar-refractivity contribution in [3.63, 3.8) is 0 Å². The maximum atomic E-state index is 6.80. The molecule has 0 atom stereocenters. The summed E-state index contributed by atoms with van der Waals surface area (Å²) in [6.45, 7) is 6.08. The zero-order valence-corrected chi connectivity index (χ0v) is 24.7. The third-order valence-corrected chi connectivity index (χ3v) is 8.95. The van der Waals surface area contributed by atoms with Crippen molar-refractivity contribution >= 4 is 71.5 Å². The minimum absolute atomic E-state index is 0.609. The van der Waals surface area contributed by atoms with Gasteiger partial charge in [0.25, 0.3) is 0 Å². The van der Waals surface area contributed by atoms with Crippen LogP contribution in [0.15, 0.2) is 138 Å². The highest BCUT2D eigenvalue weighted by Crippen LogP contribution is 2.46. The smallest absolute Gasteiger partial charge is 0.235 e. The van der Waals surface area contributed by atoms with Gasteiger partial charge in [0, 0.05) is 32.5 Å². The highest BCUT2D eigenvalue weighted by molar-refractivity contribution is 6.35. The van der Waals surface area contributed by atoms with Crippen LogP contribution in [-0.4, -0.2) is 14.5 Å². The zero-order valence-electron chi connectivity index (χ0n) is 24.7. The first-order valence-corrected chi connectivity index (χ1v) is 15.1. The van der Waals surface area contributed by atoms with Gasteiger partial charge in [-0.15, -0.1) is 0 Å². The second kappa shape index (κ2) is 9.76. The predicted molar refractivity (Wildman–Crippen MR) is 188 cm³/mol. The molecule has 0 aliphatic rings. The minimum Gasteiger partial charge on any atom is -0.454 e. The molecular weight excluding hydrogens is 550 g/mol. The summed E-state index contributed by atoms with van der Waals surface area (Å²) in [6, 6.07) is 40.0. The van der Waals surface area contributed by atoms with Gasteiger partial charge in [-0.1, -0.05) is 128 Å². The molecule has 212 valence electrons. The Bertz CT molecular complexity index is 2670. The van der Waals surface area contributed by atoms with Gasteiger partial charge < -0.3 is 4.42 Å². The summed E-state index contributed by atoms with van der Waals surface area (Å²) in [6.07, 6.45) is 5.90. The molecule has 0 radical (unpaired) electrons. The number of furan rings is 1. The van der Waals surface area contributed by atoms with Crippen molar-refractivity contribution in [3.05, 3.63) is 145 Å². The maximum Gasteiger partial charge on any atom is 0.235 e. The average Bonchev–Trinajstić information content (AvgIpc) is 3.65. The Hall–Kier alpha value is -6.00. The lowest BCUT2D eigenvalue weighted by Crippen LogP contribution is -2.04. The van der Waals surface area contributed by atoms with Crippen molar-refractivity contribution in [2.45, 2.75) is 6.92 Å². The Morgan fingerprint density at radius 2 is 1.33 bits per heavy atom. The molecule has 0 amide bonds. The predicted octanol–water partition coefficient (Wildman–Crippen LogP) is 11.0. The molecule has 0 saturated carbocycles. The van der Waals surface area contributed by atoms with Crippen molar-refractivity contribution in [2.75, 3.05) is 0 Å². The van der Waals surface area contributed by atoms with E-state index in [1.54, 1.807) is 0 Å². The first-order valence-electron chi connectivity index (χ1n) is 15.1. The van der Waals surface area contributed by atoms with E-state index >= 15 is 0 Å². The number of nitrogens with zero attached hydrogens (tertiary/aromatic N) is 3. The largest absolute Gasteiger partial charge is 0.454 e. The SMILES string of the molecule is C=C/C=C\c1ccc2c3c4ccccc4c4c5ccccc5oc4c3n(-c3nc(-c4ccccc4)c4ccccc4n3)c2c1C. The number of para-hydroxylation sites is 2. The van der Waals surface area contributed by atoms with Crippen LogP contribution < -0.4 is 0 Å². The van der Waals surface area contributed by atoms with Gasteiger partial charge in [-0.2, -0.15) is 0 Å². The molecular formula is C41H27N3O. The molecule has 9 rings (SSSR count). The van der Waals surface area contributed by atoms with Gasteiger partial charge in [0.1, 0.15) is 11.1 Å². The van der Waals surface area contributed by atoms with Crippen molar-refractivity contribution in [3.8, 4) is 17.2 Å². The lowest BCUT2D eigenvalue weighted by atomic mass is 9.97. The second-order valence-corrected chi connectivity index (χ2v) is 11.4. The Labute approximate surface area is 259 Å². The van der Waals surface area contributed by atoms with E-state index in [4.69, 9.17) is 14.4 Å². The van der Waals surface area contributed by atoms with Crippen LogP contribution in [0.4, 0.5) is 0 Å². The van der Waals surface area contributed by atoms with E-state index < -0.39 is 0 Å². The van der Waals surface area contributed by atoms with E-state index in [9.17, 15) is 0 Å². The Morgan fingerprint density at radius 1 is 0.644 bits per heavy atom. The van der Waals surface area contributed by atoms with Crippen molar-refractivity contribution < 1.29 is 4.42 Å². The minimum atomic E-state index is 0.609. The van der Waals surface area contributed by atoms with Crippen molar-refractivity contribution in [2.24, 2.45) is 0 Å². The van der Waals surface area contributed by atoms with E-state index in [1.165, 1.54) is 10.8 Å². The summed E-state index contributed by atoms with van der Waals surface area (Å²) in [5, 5.41) is 7.82. The number of fused-ring (bicyclic) bond motifs is 11. The molecule has 9 aromatic rings. The quantitative estimate of drug-likeness (QED) is 0.195. The molecule has 3 aromatic heterocycles. The molecule has 6 aromatic carbocycles. The van der Waals surface area contributed by atoms with Crippen LogP contribution in [0.3, 0.4) is 0 Å². The number of benzene rings is 6. The fourth-order valence-electron chi connectivity index (χ4n) is 6.98. The molecule has 0 fully saturated rings. The van der Waals surface area contributed by atoms with Gasteiger partial charge in [-0.05, 0) is 41.0 Å². The van der Waals surface area contributed by atoms with E-state index in [2.05, 4.69) is 109 Å². The van der Waals surface area contributed by atoms with Crippen molar-refractivity contribution in [1.29, 1.82) is 0 Å². The first-order chi connectivity index (χ1) is 22.2. The Morgan fingerprint density at radius 3 is 2.13 bits per heavy atom. The van der Waals surface area contributed by atoms with Gasteiger partial charge in [0.15, 0.2) is 5.58 Å². The van der Waals surface area contributed by atoms with Gasteiger partial charge in [-0.25, -0.2) is 9.97 Å². The summed E-state index contributed by atoms with van der Waals surface area (Å²) >= 11 is 0. The number of hydrogen-bond acceptors (Lipinski definition) is 3. The van der Waals surface area contributed by atoms with E-state index in [0.29, 0.717) is 5.95 Å². The topological polar surface area (TPSA) is 43.9 Å². The van der Waals surface area contributed by atoms with Crippen LogP contribution in [0.5, 0.6) is 0 Å². The van der Waals surface area contributed by atoms with Crippen LogP contribution in [0, 0.1) is 6.92 Å². The highest BCUT2D eigenvalue weighted by atomic mass is 16.3. The molecule has 3 heterocycles. The number of aryl methyl sites for hydroxylation is 1. The number of allylic oxidation sites excluding steroid dienone is 2. The number of hydrogen-bond donors (Lipinski definition) is 0. The maximum absolute atomic E-state index is 6.80. The number of aromatic nitrogens is 3. The van der Waals surface area contributed by atoms with Crippen LogP contribution in [0.1, 0.15) is 11.1 Å². The highest BCUT2D eigenvalue weighted by Gasteiger charge is 2.26. The summed E-state index contributed by atoms with van der Waals surface area (Å²) < 4.78 is 9.04. The van der Waals surface area contributed by atoms with Crippen LogP contribution in [-0.2, 0) is 0 Å². The summed E-state index contributed by atoms with van der Waals surface area (Å²) in [4.78, 5) is 10.6. The Balaban J connectivity index is 1.56. The molecule has 4 nitrogen and oxygen atoms in total. The van der Waals surface area contributed by atoms with Crippen molar-refractivity contribution in [1.82, 2.24) is 14.5 Å². The van der Waals surface area contributed by atoms with Crippen LogP contribution in [0.25, 0.3) is 88.7 Å². The molecule has 0 saturated heterocycles. The van der Waals surface area contributed by atoms with Crippen LogP contribution >= 0.6 is 0 Å². The standard InChI is InChI=1S/C41H27N3O/c1-3-4-14-26-23-24-32-35-28-17-8-9-18-29(28)36-31-20-11-13-22-34(31)45-40(36)39(35)44(38(32)25(26)2)41-42-33-21-12-10-19-30(33)37(43-41)27-15-6-5-7-16-27/h3-24H,1H2,2H3/b14-4-. The van der Waals surface area contributed by atoms with Gasteiger partial charge >= 0.3 is 0 Å². The molecule has 4 heteroatoms. The lowest BCUT2D eigenvalue weighted by Gasteiger charge is -2.13.